The lowest BCUT2D eigenvalue weighted by Crippen LogP contribution is -2.05. The molecular weight excluding hydrogens is 320 g/mol. The molecule has 3 aromatic carbocycles. The molecule has 26 heavy (non-hydrogen) atoms. The quantitative estimate of drug-likeness (QED) is 0.447. The molecule has 0 spiro atoms. The molecule has 2 atom stereocenters. The lowest BCUT2D eigenvalue weighted by Gasteiger charge is -2.18. The van der Waals surface area contributed by atoms with Gasteiger partial charge in [0.05, 0.1) is 0 Å². The summed E-state index contributed by atoms with van der Waals surface area (Å²) < 4.78 is 12.1. The molecule has 2 heteroatoms. The average Bonchev–Trinajstić information content (AvgIpc) is 2.72. The minimum absolute atomic E-state index is 0.187. The highest BCUT2D eigenvalue weighted by Gasteiger charge is 2.11. The minimum Gasteiger partial charge on any atom is -0.482 e. The van der Waals surface area contributed by atoms with Crippen molar-refractivity contribution in [2.24, 2.45) is 0 Å². The summed E-state index contributed by atoms with van der Waals surface area (Å²) in [6.45, 7) is 7.75. The first-order valence-electron chi connectivity index (χ1n) is 8.58. The Kier molecular flexibility index (Phi) is 5.89. The minimum atomic E-state index is -0.187. The first kappa shape index (κ1) is 17.6. The summed E-state index contributed by atoms with van der Waals surface area (Å²) >= 11 is 0. The lowest BCUT2D eigenvalue weighted by atomic mass is 10.1. The number of ether oxygens (including phenoxy) is 2. The molecule has 0 fully saturated rings. The highest BCUT2D eigenvalue weighted by molar-refractivity contribution is 5.34. The van der Waals surface area contributed by atoms with E-state index in [1.54, 1.807) is 12.2 Å². The molecule has 0 aliphatic rings. The van der Waals surface area contributed by atoms with Gasteiger partial charge < -0.3 is 9.47 Å². The van der Waals surface area contributed by atoms with Crippen molar-refractivity contribution in [2.45, 2.75) is 12.2 Å². The summed E-state index contributed by atoms with van der Waals surface area (Å²) in [4.78, 5) is 0. The average molecular weight is 342 g/mol. The van der Waals surface area contributed by atoms with E-state index < -0.39 is 0 Å². The lowest BCUT2D eigenvalue weighted by molar-refractivity contribution is 0.248. The van der Waals surface area contributed by atoms with E-state index in [2.05, 4.69) is 13.2 Å². The van der Waals surface area contributed by atoms with Gasteiger partial charge in [-0.2, -0.15) is 0 Å². The molecular formula is C24H22O2. The van der Waals surface area contributed by atoms with Crippen LogP contribution in [0, 0.1) is 0 Å². The second kappa shape index (κ2) is 8.72. The van der Waals surface area contributed by atoms with Crippen LogP contribution >= 0.6 is 0 Å². The van der Waals surface area contributed by atoms with Crippen molar-refractivity contribution in [1.82, 2.24) is 0 Å². The van der Waals surface area contributed by atoms with Crippen LogP contribution < -0.4 is 9.47 Å². The van der Waals surface area contributed by atoms with E-state index in [9.17, 15) is 0 Å². The fourth-order valence-electron chi connectivity index (χ4n) is 2.68. The predicted molar refractivity (Wildman–Crippen MR) is 106 cm³/mol. The monoisotopic (exact) mass is 342 g/mol. The third kappa shape index (κ3) is 4.42. The molecule has 3 aromatic rings. The molecule has 0 saturated heterocycles. The summed E-state index contributed by atoms with van der Waals surface area (Å²) in [5, 5.41) is 0. The second-order valence-electron chi connectivity index (χ2n) is 5.84. The van der Waals surface area contributed by atoms with Gasteiger partial charge in [0, 0.05) is 0 Å². The van der Waals surface area contributed by atoms with E-state index in [0.29, 0.717) is 0 Å². The van der Waals surface area contributed by atoms with Gasteiger partial charge >= 0.3 is 0 Å². The predicted octanol–water partition coefficient (Wildman–Crippen LogP) is 6.30. The SMILES string of the molecule is C=CC(Oc1ccc(OC(C=C)c2ccccc2)cc1)c1ccccc1. The van der Waals surface area contributed by atoms with Gasteiger partial charge in [-0.1, -0.05) is 73.8 Å². The van der Waals surface area contributed by atoms with Gasteiger partial charge in [0.1, 0.15) is 23.7 Å². The highest BCUT2D eigenvalue weighted by atomic mass is 16.5. The number of rotatable bonds is 8. The third-order valence-electron chi connectivity index (χ3n) is 4.03. The standard InChI is InChI=1S/C24H22O2/c1-3-23(19-11-7-5-8-12-19)25-21-15-17-22(18-16-21)26-24(4-2)20-13-9-6-10-14-20/h3-18,23-24H,1-2H2. The molecule has 3 rings (SSSR count). The maximum atomic E-state index is 6.03. The molecule has 0 bridgehead atoms. The van der Waals surface area contributed by atoms with Crippen molar-refractivity contribution in [3.63, 3.8) is 0 Å². The van der Waals surface area contributed by atoms with E-state index in [4.69, 9.17) is 9.47 Å². The maximum Gasteiger partial charge on any atom is 0.142 e. The fourth-order valence-corrected chi connectivity index (χ4v) is 2.68. The number of hydrogen-bond acceptors (Lipinski definition) is 2. The summed E-state index contributed by atoms with van der Waals surface area (Å²) in [5.74, 6) is 1.53. The Morgan fingerprint density at radius 1 is 0.538 bits per heavy atom. The summed E-state index contributed by atoms with van der Waals surface area (Å²) in [5.41, 5.74) is 2.14. The molecule has 0 aliphatic carbocycles. The molecule has 0 amide bonds. The molecule has 0 aliphatic heterocycles. The maximum absolute atomic E-state index is 6.03. The van der Waals surface area contributed by atoms with E-state index in [1.165, 1.54) is 0 Å². The summed E-state index contributed by atoms with van der Waals surface area (Å²) in [7, 11) is 0. The van der Waals surface area contributed by atoms with Crippen LogP contribution in [-0.4, -0.2) is 0 Å². The van der Waals surface area contributed by atoms with Crippen molar-refractivity contribution in [1.29, 1.82) is 0 Å². The summed E-state index contributed by atoms with van der Waals surface area (Å²) in [6.07, 6.45) is 3.22. The summed E-state index contributed by atoms with van der Waals surface area (Å²) in [6, 6.07) is 27.6. The normalized spacial score (nSPS) is 12.6. The van der Waals surface area contributed by atoms with Gasteiger partial charge in [0.2, 0.25) is 0 Å². The van der Waals surface area contributed by atoms with Crippen LogP contribution in [0.3, 0.4) is 0 Å². The first-order chi connectivity index (χ1) is 12.8. The molecule has 130 valence electrons. The van der Waals surface area contributed by atoms with E-state index in [0.717, 1.165) is 22.6 Å². The van der Waals surface area contributed by atoms with Crippen LogP contribution in [0.5, 0.6) is 11.5 Å². The molecule has 2 unspecified atom stereocenters. The Hall–Kier alpha value is -3.26. The van der Waals surface area contributed by atoms with Gasteiger partial charge in [-0.15, -0.1) is 0 Å². The molecule has 0 N–H and O–H groups in total. The van der Waals surface area contributed by atoms with Crippen molar-refractivity contribution >= 4 is 0 Å². The van der Waals surface area contributed by atoms with E-state index >= 15 is 0 Å². The molecule has 0 radical (unpaired) electrons. The molecule has 2 nitrogen and oxygen atoms in total. The van der Waals surface area contributed by atoms with Gasteiger partial charge in [0.15, 0.2) is 0 Å². The number of hydrogen-bond donors (Lipinski definition) is 0. The molecule has 0 aromatic heterocycles. The van der Waals surface area contributed by atoms with Crippen molar-refractivity contribution in [2.75, 3.05) is 0 Å². The highest BCUT2D eigenvalue weighted by Crippen LogP contribution is 2.27. The smallest absolute Gasteiger partial charge is 0.142 e. The zero-order valence-electron chi connectivity index (χ0n) is 14.6. The van der Waals surface area contributed by atoms with Crippen molar-refractivity contribution in [3.05, 3.63) is 121 Å². The Balaban J connectivity index is 1.68. The van der Waals surface area contributed by atoms with Gasteiger partial charge in [0.25, 0.3) is 0 Å². The van der Waals surface area contributed by atoms with Gasteiger partial charge in [-0.05, 0) is 47.5 Å². The Morgan fingerprint density at radius 2 is 0.885 bits per heavy atom. The largest absolute Gasteiger partial charge is 0.482 e. The molecule has 0 saturated carbocycles. The first-order valence-corrected chi connectivity index (χ1v) is 8.58. The van der Waals surface area contributed by atoms with Crippen LogP contribution in [0.15, 0.2) is 110 Å². The van der Waals surface area contributed by atoms with Crippen LogP contribution in [0.1, 0.15) is 23.3 Å². The van der Waals surface area contributed by atoms with Gasteiger partial charge in [-0.25, -0.2) is 0 Å². The van der Waals surface area contributed by atoms with Crippen molar-refractivity contribution < 1.29 is 9.47 Å². The Labute approximate surface area is 155 Å². The third-order valence-corrected chi connectivity index (χ3v) is 4.03. The Bertz CT molecular complexity index is 751. The van der Waals surface area contributed by atoms with Crippen LogP contribution in [0.4, 0.5) is 0 Å². The van der Waals surface area contributed by atoms with Crippen LogP contribution in [0.25, 0.3) is 0 Å². The van der Waals surface area contributed by atoms with E-state index in [1.807, 2.05) is 84.9 Å². The van der Waals surface area contributed by atoms with Crippen LogP contribution in [-0.2, 0) is 0 Å². The van der Waals surface area contributed by atoms with Gasteiger partial charge in [-0.3, -0.25) is 0 Å². The number of benzene rings is 3. The zero-order chi connectivity index (χ0) is 18.2. The fraction of sp³-hybridized carbons (Fsp3) is 0.0833. The Morgan fingerprint density at radius 3 is 1.19 bits per heavy atom. The van der Waals surface area contributed by atoms with Crippen molar-refractivity contribution in [3.8, 4) is 11.5 Å². The topological polar surface area (TPSA) is 18.5 Å². The zero-order valence-corrected chi connectivity index (χ0v) is 14.6. The van der Waals surface area contributed by atoms with Crippen LogP contribution in [0.2, 0.25) is 0 Å². The molecule has 0 heterocycles. The second-order valence-corrected chi connectivity index (χ2v) is 5.84. The van der Waals surface area contributed by atoms with E-state index in [-0.39, 0.29) is 12.2 Å².